The van der Waals surface area contributed by atoms with Crippen molar-refractivity contribution in [2.75, 3.05) is 0 Å². The molecule has 0 bridgehead atoms. The second-order valence-corrected chi connectivity index (χ2v) is 5.17. The fourth-order valence-corrected chi connectivity index (χ4v) is 2.80. The number of hydrogen-bond acceptors (Lipinski definition) is 2. The molecule has 0 unspecified atom stereocenters. The van der Waals surface area contributed by atoms with E-state index in [2.05, 4.69) is 27.8 Å². The number of alkyl halides is 1. The second kappa shape index (κ2) is 6.40. The molecule has 1 heterocycles. The van der Waals surface area contributed by atoms with Gasteiger partial charge in [-0.2, -0.15) is 0 Å². The van der Waals surface area contributed by atoms with Gasteiger partial charge in [0.25, 0.3) is 0 Å². The van der Waals surface area contributed by atoms with Gasteiger partial charge < -0.3 is 4.74 Å². The summed E-state index contributed by atoms with van der Waals surface area (Å²) in [7, 11) is 0. The highest BCUT2D eigenvalue weighted by molar-refractivity contribution is 9.08. The van der Waals surface area contributed by atoms with E-state index in [4.69, 9.17) is 16.3 Å². The average Bonchev–Trinajstić information content (AvgIpc) is 2.41. The van der Waals surface area contributed by atoms with Gasteiger partial charge in [0.05, 0.1) is 5.69 Å². The van der Waals surface area contributed by atoms with Crippen molar-refractivity contribution < 1.29 is 4.74 Å². The summed E-state index contributed by atoms with van der Waals surface area (Å²) in [5.41, 5.74) is 2.91. The zero-order valence-electron chi connectivity index (χ0n) is 10.9. The molecule has 0 amide bonds. The van der Waals surface area contributed by atoms with Crippen molar-refractivity contribution in [2.24, 2.45) is 0 Å². The Morgan fingerprint density at radius 2 is 2.00 bits per heavy atom. The van der Waals surface area contributed by atoms with Gasteiger partial charge in [-0.15, -0.1) is 0 Å². The van der Waals surface area contributed by atoms with E-state index in [-0.39, 0.29) is 0 Å². The van der Waals surface area contributed by atoms with Crippen molar-refractivity contribution in [3.05, 3.63) is 52.3 Å². The molecule has 0 fully saturated rings. The maximum absolute atomic E-state index is 6.17. The van der Waals surface area contributed by atoms with Crippen LogP contribution in [0.3, 0.4) is 0 Å². The third-order valence-electron chi connectivity index (χ3n) is 2.84. The number of pyridine rings is 1. The van der Waals surface area contributed by atoms with Gasteiger partial charge in [0.2, 0.25) is 0 Å². The Morgan fingerprint density at radius 3 is 2.68 bits per heavy atom. The first-order valence-electron chi connectivity index (χ1n) is 6.13. The van der Waals surface area contributed by atoms with Crippen LogP contribution in [0.1, 0.15) is 23.9 Å². The molecule has 0 N–H and O–H groups in total. The molecular formula is C15H15BrClNO. The average molecular weight is 341 g/mol. The van der Waals surface area contributed by atoms with Crippen molar-refractivity contribution in [1.82, 2.24) is 4.98 Å². The smallest absolute Gasteiger partial charge is 0.148 e. The molecule has 0 radical (unpaired) electrons. The first-order chi connectivity index (χ1) is 9.15. The number of nitrogens with zero attached hydrogens (tertiary/aromatic N) is 1. The van der Waals surface area contributed by atoms with E-state index in [9.17, 15) is 0 Å². The molecule has 0 aliphatic heterocycles. The molecule has 0 spiro atoms. The lowest BCUT2D eigenvalue weighted by atomic mass is 10.2. The second-order valence-electron chi connectivity index (χ2n) is 4.20. The molecule has 0 saturated heterocycles. The summed E-state index contributed by atoms with van der Waals surface area (Å²) in [5, 5.41) is 1.36. The molecule has 0 aliphatic rings. The molecule has 2 nitrogen and oxygen atoms in total. The lowest BCUT2D eigenvalue weighted by Gasteiger charge is -2.13. The van der Waals surface area contributed by atoms with Crippen LogP contribution in [0.4, 0.5) is 0 Å². The van der Waals surface area contributed by atoms with Crippen molar-refractivity contribution in [2.45, 2.75) is 25.6 Å². The molecule has 0 saturated carbocycles. The summed E-state index contributed by atoms with van der Waals surface area (Å²) in [6.07, 6.45) is 0.835. The van der Waals surface area contributed by atoms with E-state index in [1.54, 1.807) is 0 Å². The molecule has 1 aromatic heterocycles. The quantitative estimate of drug-likeness (QED) is 0.705. The van der Waals surface area contributed by atoms with Crippen molar-refractivity contribution in [3.63, 3.8) is 0 Å². The van der Waals surface area contributed by atoms with Crippen molar-refractivity contribution in [3.8, 4) is 11.5 Å². The number of ether oxygens (including phenoxy) is 1. The van der Waals surface area contributed by atoms with E-state index in [0.717, 1.165) is 34.9 Å². The Hall–Kier alpha value is -1.06. The largest absolute Gasteiger partial charge is 0.455 e. The minimum atomic E-state index is 0.656. The fraction of sp³-hybridized carbons (Fsp3) is 0.267. The maximum Gasteiger partial charge on any atom is 0.148 e. The molecule has 1 aromatic carbocycles. The SMILES string of the molecule is CCc1nc(C)ccc1Oc1cccc(Cl)c1CBr. The van der Waals surface area contributed by atoms with E-state index in [0.29, 0.717) is 10.4 Å². The Balaban J connectivity index is 2.39. The fourth-order valence-electron chi connectivity index (χ4n) is 1.83. The monoisotopic (exact) mass is 339 g/mol. The molecule has 19 heavy (non-hydrogen) atoms. The lowest BCUT2D eigenvalue weighted by molar-refractivity contribution is 0.469. The number of halogens is 2. The molecule has 2 aromatic rings. The summed E-state index contributed by atoms with van der Waals surface area (Å²) in [4.78, 5) is 4.50. The van der Waals surface area contributed by atoms with Gasteiger partial charge in [0.15, 0.2) is 0 Å². The van der Waals surface area contributed by atoms with Gasteiger partial charge >= 0.3 is 0 Å². The van der Waals surface area contributed by atoms with Gasteiger partial charge in [-0.3, -0.25) is 4.98 Å². The number of aromatic nitrogens is 1. The van der Waals surface area contributed by atoms with Crippen LogP contribution in [0.15, 0.2) is 30.3 Å². The highest BCUT2D eigenvalue weighted by Gasteiger charge is 2.10. The van der Waals surface area contributed by atoms with Gasteiger partial charge in [0, 0.05) is 21.6 Å². The van der Waals surface area contributed by atoms with Crippen LogP contribution < -0.4 is 4.74 Å². The zero-order chi connectivity index (χ0) is 13.8. The number of hydrogen-bond donors (Lipinski definition) is 0. The summed E-state index contributed by atoms with van der Waals surface area (Å²) in [6, 6.07) is 9.57. The highest BCUT2D eigenvalue weighted by atomic mass is 79.9. The number of rotatable bonds is 4. The third kappa shape index (κ3) is 3.28. The molecule has 2 rings (SSSR count). The molecule has 0 aliphatic carbocycles. The minimum Gasteiger partial charge on any atom is -0.455 e. The van der Waals surface area contributed by atoms with Crippen LogP contribution in [0.2, 0.25) is 5.02 Å². The first kappa shape index (κ1) is 14.4. The zero-order valence-corrected chi connectivity index (χ0v) is 13.3. The predicted molar refractivity (Wildman–Crippen MR) is 82.5 cm³/mol. The topological polar surface area (TPSA) is 22.1 Å². The molecule has 0 atom stereocenters. The van der Waals surface area contributed by atoms with E-state index in [1.165, 1.54) is 0 Å². The van der Waals surface area contributed by atoms with E-state index < -0.39 is 0 Å². The van der Waals surface area contributed by atoms with Crippen molar-refractivity contribution in [1.29, 1.82) is 0 Å². The summed E-state index contributed by atoms with van der Waals surface area (Å²) >= 11 is 9.61. The van der Waals surface area contributed by atoms with Gasteiger partial charge in [-0.1, -0.05) is 40.5 Å². The predicted octanol–water partition coefficient (Wildman–Crippen LogP) is 5.29. The van der Waals surface area contributed by atoms with Gasteiger partial charge in [0.1, 0.15) is 11.5 Å². The minimum absolute atomic E-state index is 0.656. The Bertz CT molecular complexity index is 586. The van der Waals surface area contributed by atoms with E-state index in [1.807, 2.05) is 37.3 Å². The Morgan fingerprint density at radius 1 is 1.21 bits per heavy atom. The normalized spacial score (nSPS) is 10.5. The molecule has 4 heteroatoms. The number of benzene rings is 1. The van der Waals surface area contributed by atoms with E-state index >= 15 is 0 Å². The van der Waals surface area contributed by atoms with Crippen LogP contribution >= 0.6 is 27.5 Å². The first-order valence-corrected chi connectivity index (χ1v) is 7.63. The van der Waals surface area contributed by atoms with Gasteiger partial charge in [-0.05, 0) is 37.6 Å². The Kier molecular flexibility index (Phi) is 4.83. The van der Waals surface area contributed by atoms with Crippen molar-refractivity contribution >= 4 is 27.5 Å². The Labute approximate surface area is 126 Å². The third-order valence-corrected chi connectivity index (χ3v) is 3.75. The lowest BCUT2D eigenvalue weighted by Crippen LogP contribution is -1.97. The standard InChI is InChI=1S/C15H15BrClNO/c1-3-13-15(8-7-10(2)18-13)19-14-6-4-5-12(17)11(14)9-16/h4-8H,3,9H2,1-2H3. The van der Waals surface area contributed by atoms with Crippen LogP contribution in [-0.2, 0) is 11.8 Å². The van der Waals surface area contributed by atoms with Crippen LogP contribution in [-0.4, -0.2) is 4.98 Å². The number of aryl methyl sites for hydroxylation is 2. The molecule has 100 valence electrons. The molecular weight excluding hydrogens is 326 g/mol. The highest BCUT2D eigenvalue weighted by Crippen LogP contribution is 2.33. The van der Waals surface area contributed by atoms with Gasteiger partial charge in [-0.25, -0.2) is 0 Å². The van der Waals surface area contributed by atoms with Crippen LogP contribution in [0.5, 0.6) is 11.5 Å². The summed E-state index contributed by atoms with van der Waals surface area (Å²) in [6.45, 7) is 4.05. The van der Waals surface area contributed by atoms with Crippen LogP contribution in [0, 0.1) is 6.92 Å². The van der Waals surface area contributed by atoms with Crippen LogP contribution in [0.25, 0.3) is 0 Å². The summed E-state index contributed by atoms with van der Waals surface area (Å²) in [5.74, 6) is 1.56. The maximum atomic E-state index is 6.17. The summed E-state index contributed by atoms with van der Waals surface area (Å²) < 4.78 is 5.98.